The highest BCUT2D eigenvalue weighted by molar-refractivity contribution is 6.18. The summed E-state index contributed by atoms with van der Waals surface area (Å²) in [5.41, 5.74) is 0. The topological polar surface area (TPSA) is 9.23 Å². The molecule has 7 heavy (non-hydrogen) atoms. The standard InChI is InChI=1S/C5H11ClO/c1-3-7-5(2)4-6/h5H,3-4H2,1-2H3. The number of alkyl halides is 1. The summed E-state index contributed by atoms with van der Waals surface area (Å²) in [6.07, 6.45) is 0.215. The normalized spacial score (nSPS) is 14.1. The molecular formula is C5H11ClO. The second kappa shape index (κ2) is 4.41. The Bertz CT molecular complexity index is 39.1. The van der Waals surface area contributed by atoms with Crippen LogP contribution < -0.4 is 0 Å². The van der Waals surface area contributed by atoms with Gasteiger partial charge in [-0.15, -0.1) is 11.6 Å². The second-order valence-corrected chi connectivity index (χ2v) is 1.73. The highest BCUT2D eigenvalue weighted by Gasteiger charge is 1.93. The highest BCUT2D eigenvalue weighted by atomic mass is 35.5. The van der Waals surface area contributed by atoms with E-state index in [0.29, 0.717) is 5.88 Å². The van der Waals surface area contributed by atoms with Crippen molar-refractivity contribution in [2.45, 2.75) is 20.0 Å². The maximum atomic E-state index is 5.41. The average Bonchev–Trinajstić information content (AvgIpc) is 1.68. The number of rotatable bonds is 3. The van der Waals surface area contributed by atoms with Crippen LogP contribution in [0.5, 0.6) is 0 Å². The lowest BCUT2D eigenvalue weighted by molar-refractivity contribution is 0.0923. The minimum Gasteiger partial charge on any atom is -0.378 e. The Morgan fingerprint density at radius 3 is 2.43 bits per heavy atom. The molecule has 0 heterocycles. The molecule has 0 amide bonds. The van der Waals surface area contributed by atoms with Crippen LogP contribution in [0.1, 0.15) is 13.8 Å². The van der Waals surface area contributed by atoms with E-state index in [1.54, 1.807) is 0 Å². The van der Waals surface area contributed by atoms with Gasteiger partial charge in [-0.05, 0) is 13.8 Å². The van der Waals surface area contributed by atoms with Gasteiger partial charge in [-0.2, -0.15) is 0 Å². The first kappa shape index (κ1) is 7.25. The number of ether oxygens (including phenoxy) is 1. The first-order valence-corrected chi connectivity index (χ1v) is 3.02. The molecule has 0 N–H and O–H groups in total. The minimum absolute atomic E-state index is 0.215. The van der Waals surface area contributed by atoms with Crippen molar-refractivity contribution in [1.29, 1.82) is 0 Å². The lowest BCUT2D eigenvalue weighted by Gasteiger charge is -2.04. The Labute approximate surface area is 49.6 Å². The van der Waals surface area contributed by atoms with Crippen molar-refractivity contribution < 1.29 is 4.74 Å². The van der Waals surface area contributed by atoms with Crippen LogP contribution in [-0.4, -0.2) is 18.6 Å². The van der Waals surface area contributed by atoms with Crippen LogP contribution in [0.3, 0.4) is 0 Å². The molecule has 1 nitrogen and oxygen atoms in total. The summed E-state index contributed by atoms with van der Waals surface area (Å²) in [5, 5.41) is 0. The van der Waals surface area contributed by atoms with Gasteiger partial charge in [0.1, 0.15) is 0 Å². The molecule has 0 aliphatic rings. The van der Waals surface area contributed by atoms with Gasteiger partial charge < -0.3 is 4.74 Å². The Balaban J connectivity index is 2.83. The van der Waals surface area contributed by atoms with Gasteiger partial charge in [0.05, 0.1) is 6.10 Å². The lowest BCUT2D eigenvalue weighted by Crippen LogP contribution is -2.08. The quantitative estimate of drug-likeness (QED) is 0.518. The monoisotopic (exact) mass is 122 g/mol. The van der Waals surface area contributed by atoms with Crippen LogP contribution in [0.4, 0.5) is 0 Å². The number of halogens is 1. The van der Waals surface area contributed by atoms with Crippen molar-refractivity contribution in [2.24, 2.45) is 0 Å². The van der Waals surface area contributed by atoms with E-state index in [-0.39, 0.29) is 6.10 Å². The smallest absolute Gasteiger partial charge is 0.0682 e. The van der Waals surface area contributed by atoms with E-state index >= 15 is 0 Å². The molecule has 0 saturated carbocycles. The van der Waals surface area contributed by atoms with Gasteiger partial charge >= 0.3 is 0 Å². The molecule has 0 saturated heterocycles. The van der Waals surface area contributed by atoms with Crippen molar-refractivity contribution in [2.75, 3.05) is 12.5 Å². The van der Waals surface area contributed by atoms with Gasteiger partial charge in [0.25, 0.3) is 0 Å². The minimum atomic E-state index is 0.215. The van der Waals surface area contributed by atoms with Crippen molar-refractivity contribution in [1.82, 2.24) is 0 Å². The lowest BCUT2D eigenvalue weighted by atomic mass is 10.5. The van der Waals surface area contributed by atoms with Crippen molar-refractivity contribution in [3.05, 3.63) is 0 Å². The predicted octanol–water partition coefficient (Wildman–Crippen LogP) is 1.65. The molecular weight excluding hydrogens is 112 g/mol. The summed E-state index contributed by atoms with van der Waals surface area (Å²) in [5.74, 6) is 0.591. The Morgan fingerprint density at radius 2 is 2.29 bits per heavy atom. The summed E-state index contributed by atoms with van der Waals surface area (Å²) >= 11 is 5.41. The molecule has 44 valence electrons. The van der Waals surface area contributed by atoms with E-state index in [1.165, 1.54) is 0 Å². The first-order chi connectivity index (χ1) is 3.31. The second-order valence-electron chi connectivity index (χ2n) is 1.42. The van der Waals surface area contributed by atoms with Gasteiger partial charge in [-0.25, -0.2) is 0 Å². The fraction of sp³-hybridized carbons (Fsp3) is 1.00. The van der Waals surface area contributed by atoms with E-state index in [2.05, 4.69) is 0 Å². The van der Waals surface area contributed by atoms with Crippen molar-refractivity contribution in [3.63, 3.8) is 0 Å². The van der Waals surface area contributed by atoms with Crippen LogP contribution in [0.2, 0.25) is 0 Å². The van der Waals surface area contributed by atoms with Gasteiger partial charge in [0, 0.05) is 12.5 Å². The third kappa shape index (κ3) is 4.10. The molecule has 0 radical (unpaired) electrons. The molecule has 0 aromatic carbocycles. The number of hydrogen-bond donors (Lipinski definition) is 0. The summed E-state index contributed by atoms with van der Waals surface area (Å²) in [6, 6.07) is 0. The Hall–Kier alpha value is 0.250. The zero-order chi connectivity index (χ0) is 5.70. The zero-order valence-corrected chi connectivity index (χ0v) is 5.53. The van der Waals surface area contributed by atoms with Crippen molar-refractivity contribution >= 4 is 11.6 Å². The Morgan fingerprint density at radius 1 is 1.71 bits per heavy atom. The molecule has 0 spiro atoms. The molecule has 0 aromatic heterocycles. The van der Waals surface area contributed by atoms with E-state index in [0.717, 1.165) is 6.61 Å². The maximum absolute atomic E-state index is 5.41. The molecule has 1 atom stereocenters. The van der Waals surface area contributed by atoms with Crippen LogP contribution in [0.15, 0.2) is 0 Å². The summed E-state index contributed by atoms with van der Waals surface area (Å²) in [6.45, 7) is 4.67. The number of hydrogen-bond acceptors (Lipinski definition) is 1. The SMILES string of the molecule is CCOC(C)CCl. The average molecular weight is 123 g/mol. The molecule has 0 aliphatic carbocycles. The summed E-state index contributed by atoms with van der Waals surface area (Å²) in [7, 11) is 0. The van der Waals surface area contributed by atoms with Gasteiger partial charge in [-0.1, -0.05) is 0 Å². The fourth-order valence-corrected chi connectivity index (χ4v) is 0.418. The molecule has 0 aromatic rings. The fourth-order valence-electron chi connectivity index (χ4n) is 0.329. The molecule has 0 rings (SSSR count). The van der Waals surface area contributed by atoms with E-state index < -0.39 is 0 Å². The van der Waals surface area contributed by atoms with Crippen LogP contribution in [0, 0.1) is 0 Å². The van der Waals surface area contributed by atoms with Gasteiger partial charge in [0.15, 0.2) is 0 Å². The van der Waals surface area contributed by atoms with Crippen LogP contribution in [-0.2, 0) is 4.74 Å². The van der Waals surface area contributed by atoms with Crippen molar-refractivity contribution in [3.8, 4) is 0 Å². The molecule has 0 aliphatic heterocycles. The van der Waals surface area contributed by atoms with E-state index in [4.69, 9.17) is 16.3 Å². The predicted molar refractivity (Wildman–Crippen MR) is 31.8 cm³/mol. The Kier molecular flexibility index (Phi) is 4.57. The van der Waals surface area contributed by atoms with Crippen LogP contribution in [0.25, 0.3) is 0 Å². The maximum Gasteiger partial charge on any atom is 0.0682 e. The van der Waals surface area contributed by atoms with Gasteiger partial charge in [-0.3, -0.25) is 0 Å². The van der Waals surface area contributed by atoms with Crippen LogP contribution >= 0.6 is 11.6 Å². The molecule has 2 heteroatoms. The third-order valence-corrected chi connectivity index (χ3v) is 1.10. The molecule has 0 fully saturated rings. The third-order valence-electron chi connectivity index (χ3n) is 0.668. The van der Waals surface area contributed by atoms with Gasteiger partial charge in [0.2, 0.25) is 0 Å². The van der Waals surface area contributed by atoms with E-state index in [9.17, 15) is 0 Å². The van der Waals surface area contributed by atoms with E-state index in [1.807, 2.05) is 13.8 Å². The summed E-state index contributed by atoms with van der Waals surface area (Å²) in [4.78, 5) is 0. The largest absolute Gasteiger partial charge is 0.378 e. The summed E-state index contributed by atoms with van der Waals surface area (Å²) < 4.78 is 5.06. The molecule has 0 bridgehead atoms. The first-order valence-electron chi connectivity index (χ1n) is 2.48. The highest BCUT2D eigenvalue weighted by Crippen LogP contribution is 1.91. The molecule has 1 unspecified atom stereocenters. The zero-order valence-electron chi connectivity index (χ0n) is 4.78.